The van der Waals surface area contributed by atoms with E-state index in [0.717, 1.165) is 23.9 Å². The quantitative estimate of drug-likeness (QED) is 0.617. The van der Waals surface area contributed by atoms with Gasteiger partial charge in [0, 0.05) is 23.6 Å². The summed E-state index contributed by atoms with van der Waals surface area (Å²) in [7, 11) is 0. The van der Waals surface area contributed by atoms with Gasteiger partial charge in [0.25, 0.3) is 5.22 Å². The molecular formula is C16H10ClF3N4O2S. The molecule has 11 heteroatoms. The molecule has 27 heavy (non-hydrogen) atoms. The maximum atomic E-state index is 12.8. The van der Waals surface area contributed by atoms with Gasteiger partial charge in [-0.3, -0.25) is 9.78 Å². The molecule has 140 valence electrons. The van der Waals surface area contributed by atoms with Gasteiger partial charge in [-0.1, -0.05) is 23.4 Å². The molecule has 0 radical (unpaired) electrons. The van der Waals surface area contributed by atoms with E-state index < -0.39 is 22.7 Å². The predicted molar refractivity (Wildman–Crippen MR) is 93.3 cm³/mol. The van der Waals surface area contributed by atoms with Gasteiger partial charge < -0.3 is 9.73 Å². The molecule has 0 fully saturated rings. The molecule has 0 spiro atoms. The maximum absolute atomic E-state index is 12.8. The molecule has 2 heterocycles. The zero-order valence-electron chi connectivity index (χ0n) is 13.3. The standard InChI is InChI=1S/C16H10ClF3N4O2S/c17-12-2-1-10(7-11(12)16(18,19)20)22-13(25)8-27-15-24-23-14(26-15)9-3-5-21-6-4-9/h1-7H,8H2,(H,22,25). The van der Waals surface area contributed by atoms with Crippen molar-refractivity contribution in [3.63, 3.8) is 0 Å². The zero-order chi connectivity index (χ0) is 19.4. The number of anilines is 1. The number of nitrogens with zero attached hydrogens (tertiary/aromatic N) is 3. The van der Waals surface area contributed by atoms with Gasteiger partial charge in [0.15, 0.2) is 0 Å². The molecule has 0 aliphatic heterocycles. The largest absolute Gasteiger partial charge is 0.417 e. The van der Waals surface area contributed by atoms with Crippen molar-refractivity contribution >= 4 is 35.0 Å². The minimum atomic E-state index is -4.61. The van der Waals surface area contributed by atoms with Crippen molar-refractivity contribution in [3.05, 3.63) is 53.3 Å². The molecule has 3 aromatic rings. The van der Waals surface area contributed by atoms with Crippen LogP contribution in [0.15, 0.2) is 52.4 Å². The molecule has 0 bridgehead atoms. The minimum absolute atomic E-state index is 0.0136. The van der Waals surface area contributed by atoms with Gasteiger partial charge in [0.2, 0.25) is 11.8 Å². The third kappa shape index (κ3) is 4.98. The van der Waals surface area contributed by atoms with Crippen LogP contribution in [0, 0.1) is 0 Å². The number of pyridine rings is 1. The second kappa shape index (κ2) is 7.97. The Morgan fingerprint density at radius 3 is 2.63 bits per heavy atom. The Morgan fingerprint density at radius 2 is 1.93 bits per heavy atom. The summed E-state index contributed by atoms with van der Waals surface area (Å²) in [5.41, 5.74) is -0.358. The monoisotopic (exact) mass is 414 g/mol. The van der Waals surface area contributed by atoms with E-state index in [1.807, 2.05) is 0 Å². The van der Waals surface area contributed by atoms with Crippen LogP contribution in [0.5, 0.6) is 0 Å². The van der Waals surface area contributed by atoms with Crippen molar-refractivity contribution in [1.29, 1.82) is 0 Å². The number of alkyl halides is 3. The van der Waals surface area contributed by atoms with Gasteiger partial charge in [-0.05, 0) is 30.3 Å². The summed E-state index contributed by atoms with van der Waals surface area (Å²) in [6.45, 7) is 0. The number of nitrogens with one attached hydrogen (secondary N) is 1. The van der Waals surface area contributed by atoms with Gasteiger partial charge in [-0.2, -0.15) is 13.2 Å². The number of carbonyl (C=O) groups is 1. The summed E-state index contributed by atoms with van der Waals surface area (Å²) >= 11 is 6.50. The predicted octanol–water partition coefficient (Wildman–Crippen LogP) is 4.53. The number of halogens is 4. The maximum Gasteiger partial charge on any atom is 0.417 e. The number of hydrogen-bond donors (Lipinski definition) is 1. The minimum Gasteiger partial charge on any atom is -0.411 e. The summed E-state index contributed by atoms with van der Waals surface area (Å²) in [4.78, 5) is 15.8. The number of rotatable bonds is 5. The fourth-order valence-corrected chi connectivity index (χ4v) is 2.81. The van der Waals surface area contributed by atoms with E-state index in [1.54, 1.807) is 24.5 Å². The van der Waals surface area contributed by atoms with E-state index in [2.05, 4.69) is 20.5 Å². The second-order valence-corrected chi connectivity index (χ2v) is 6.47. The first kappa shape index (κ1) is 19.2. The lowest BCUT2D eigenvalue weighted by Crippen LogP contribution is -2.15. The summed E-state index contributed by atoms with van der Waals surface area (Å²) in [6, 6.07) is 6.51. The van der Waals surface area contributed by atoms with Gasteiger partial charge in [-0.15, -0.1) is 10.2 Å². The lowest BCUT2D eigenvalue weighted by atomic mass is 10.2. The SMILES string of the molecule is O=C(CSc1nnc(-c2ccncc2)o1)Nc1ccc(Cl)c(C(F)(F)F)c1. The molecule has 0 saturated carbocycles. The van der Waals surface area contributed by atoms with Crippen molar-refractivity contribution in [1.82, 2.24) is 15.2 Å². The van der Waals surface area contributed by atoms with Crippen LogP contribution in [0.25, 0.3) is 11.5 Å². The summed E-state index contributed by atoms with van der Waals surface area (Å²) < 4.78 is 44.0. The molecule has 0 atom stereocenters. The van der Waals surface area contributed by atoms with E-state index >= 15 is 0 Å². The number of carbonyl (C=O) groups excluding carboxylic acids is 1. The van der Waals surface area contributed by atoms with Gasteiger partial charge >= 0.3 is 6.18 Å². The number of benzene rings is 1. The Labute approximate surface area is 160 Å². The number of hydrogen-bond acceptors (Lipinski definition) is 6. The van der Waals surface area contributed by atoms with E-state index in [1.165, 1.54) is 6.07 Å². The first-order valence-corrected chi connectivity index (χ1v) is 8.72. The van der Waals surface area contributed by atoms with Gasteiger partial charge in [-0.25, -0.2) is 0 Å². The molecule has 1 N–H and O–H groups in total. The van der Waals surface area contributed by atoms with Crippen LogP contribution in [-0.4, -0.2) is 26.8 Å². The van der Waals surface area contributed by atoms with Crippen LogP contribution >= 0.6 is 23.4 Å². The molecule has 1 aromatic carbocycles. The molecule has 6 nitrogen and oxygen atoms in total. The Hall–Kier alpha value is -2.59. The Kier molecular flexibility index (Phi) is 5.66. The van der Waals surface area contributed by atoms with Crippen LogP contribution in [0.2, 0.25) is 5.02 Å². The zero-order valence-corrected chi connectivity index (χ0v) is 14.9. The smallest absolute Gasteiger partial charge is 0.411 e. The summed E-state index contributed by atoms with van der Waals surface area (Å²) in [6.07, 6.45) is -1.47. The molecule has 0 unspecified atom stereocenters. The van der Waals surface area contributed by atoms with Crippen LogP contribution < -0.4 is 5.32 Å². The summed E-state index contributed by atoms with van der Waals surface area (Å²) in [5, 5.41) is 9.76. The van der Waals surface area contributed by atoms with Crippen molar-refractivity contribution < 1.29 is 22.4 Å². The highest BCUT2D eigenvalue weighted by atomic mass is 35.5. The average molecular weight is 415 g/mol. The Balaban J connectivity index is 1.60. The van der Waals surface area contributed by atoms with E-state index in [-0.39, 0.29) is 22.6 Å². The number of amides is 1. The van der Waals surface area contributed by atoms with E-state index in [4.69, 9.17) is 16.0 Å². The average Bonchev–Trinajstić information content (AvgIpc) is 3.10. The molecule has 3 rings (SSSR count). The van der Waals surface area contributed by atoms with Crippen molar-refractivity contribution in [2.75, 3.05) is 11.1 Å². The van der Waals surface area contributed by atoms with Gasteiger partial charge in [0.1, 0.15) is 0 Å². The second-order valence-electron chi connectivity index (χ2n) is 5.14. The number of aromatic nitrogens is 3. The van der Waals surface area contributed by atoms with Crippen LogP contribution in [0.4, 0.5) is 18.9 Å². The van der Waals surface area contributed by atoms with Crippen molar-refractivity contribution in [3.8, 4) is 11.5 Å². The molecular weight excluding hydrogens is 405 g/mol. The fourth-order valence-electron chi connectivity index (χ4n) is 2.02. The topological polar surface area (TPSA) is 80.9 Å². The highest BCUT2D eigenvalue weighted by Gasteiger charge is 2.33. The molecule has 0 saturated heterocycles. The van der Waals surface area contributed by atoms with Crippen molar-refractivity contribution in [2.24, 2.45) is 0 Å². The summed E-state index contributed by atoms with van der Waals surface area (Å²) in [5.74, 6) is -0.381. The van der Waals surface area contributed by atoms with Crippen LogP contribution in [0.3, 0.4) is 0 Å². The lowest BCUT2D eigenvalue weighted by molar-refractivity contribution is -0.137. The van der Waals surface area contributed by atoms with Gasteiger partial charge in [0.05, 0.1) is 16.3 Å². The highest BCUT2D eigenvalue weighted by Crippen LogP contribution is 2.36. The Bertz CT molecular complexity index is 950. The van der Waals surface area contributed by atoms with E-state index in [9.17, 15) is 18.0 Å². The third-order valence-electron chi connectivity index (χ3n) is 3.22. The van der Waals surface area contributed by atoms with Crippen molar-refractivity contribution in [2.45, 2.75) is 11.4 Å². The molecule has 2 aromatic heterocycles. The molecule has 1 amide bonds. The molecule has 0 aliphatic carbocycles. The van der Waals surface area contributed by atoms with Crippen LogP contribution in [-0.2, 0) is 11.0 Å². The number of thioether (sulfide) groups is 1. The van der Waals surface area contributed by atoms with Crippen LogP contribution in [0.1, 0.15) is 5.56 Å². The first-order chi connectivity index (χ1) is 12.8. The highest BCUT2D eigenvalue weighted by molar-refractivity contribution is 7.99. The first-order valence-electron chi connectivity index (χ1n) is 7.36. The lowest BCUT2D eigenvalue weighted by Gasteiger charge is -2.11. The Morgan fingerprint density at radius 1 is 1.19 bits per heavy atom. The third-order valence-corrected chi connectivity index (χ3v) is 4.36. The fraction of sp³-hybridized carbons (Fsp3) is 0.125. The van der Waals surface area contributed by atoms with E-state index in [0.29, 0.717) is 5.56 Å². The normalized spacial score (nSPS) is 11.4. The molecule has 0 aliphatic rings.